The van der Waals surface area contributed by atoms with Crippen molar-refractivity contribution in [1.29, 1.82) is 0 Å². The number of benzene rings is 2. The normalized spacial score (nSPS) is 12.1. The van der Waals surface area contributed by atoms with Gasteiger partial charge in [-0.3, -0.25) is 14.9 Å². The van der Waals surface area contributed by atoms with Crippen molar-refractivity contribution < 1.29 is 32.4 Å². The van der Waals surface area contributed by atoms with Crippen LogP contribution in [0.4, 0.5) is 5.69 Å². The largest absolute Gasteiger partial charge is 0.465 e. The molecule has 0 fully saturated rings. The van der Waals surface area contributed by atoms with E-state index in [0.717, 1.165) is 31.2 Å². The highest BCUT2D eigenvalue weighted by molar-refractivity contribution is 7.92. The first kappa shape index (κ1) is 20.0. The molecule has 0 saturated heterocycles. The Bertz CT molecular complexity index is 965. The minimum atomic E-state index is -4.10. The second-order valence-electron chi connectivity index (χ2n) is 5.38. The molecule has 1 atom stereocenters. The summed E-state index contributed by atoms with van der Waals surface area (Å²) in [7, 11) is -2.87. The van der Waals surface area contributed by atoms with E-state index in [9.17, 15) is 28.1 Å². The molecule has 0 spiro atoms. The molecule has 0 saturated carbocycles. The molecule has 0 aromatic heterocycles. The van der Waals surface area contributed by atoms with Gasteiger partial charge in [0, 0.05) is 12.1 Å². The number of hydrogen-bond acceptors (Lipinski definition) is 8. The maximum Gasteiger partial charge on any atom is 0.337 e. The molecule has 10 heteroatoms. The first-order chi connectivity index (χ1) is 12.7. The van der Waals surface area contributed by atoms with Crippen molar-refractivity contribution in [2.24, 2.45) is 0 Å². The summed E-state index contributed by atoms with van der Waals surface area (Å²) in [6, 6.07) is 9.58. The van der Waals surface area contributed by atoms with Crippen LogP contribution in [0.25, 0.3) is 0 Å². The SMILES string of the molecule is COC(=O)c1ccc(OC(=O)[C@H](C)S(=O)(=O)c2ccc([N+](=O)[O-])cc2)cc1. The van der Waals surface area contributed by atoms with Crippen LogP contribution < -0.4 is 4.74 Å². The van der Waals surface area contributed by atoms with E-state index >= 15 is 0 Å². The Balaban J connectivity index is 2.15. The number of carbonyl (C=O) groups is 2. The van der Waals surface area contributed by atoms with Gasteiger partial charge in [-0.05, 0) is 43.3 Å². The van der Waals surface area contributed by atoms with E-state index < -0.39 is 31.9 Å². The Morgan fingerprint density at radius 3 is 2.07 bits per heavy atom. The number of nitro groups is 1. The van der Waals surface area contributed by atoms with Crippen molar-refractivity contribution in [3.05, 3.63) is 64.2 Å². The summed E-state index contributed by atoms with van der Waals surface area (Å²) in [5.41, 5.74) is -0.0290. The number of nitrogens with zero attached hydrogens (tertiary/aromatic N) is 1. The van der Waals surface area contributed by atoms with Gasteiger partial charge in [-0.2, -0.15) is 0 Å². The molecule has 0 aliphatic rings. The van der Waals surface area contributed by atoms with Gasteiger partial charge in [0.1, 0.15) is 5.75 Å². The molecule has 142 valence electrons. The van der Waals surface area contributed by atoms with Crippen molar-refractivity contribution >= 4 is 27.5 Å². The van der Waals surface area contributed by atoms with Crippen molar-refractivity contribution in [2.45, 2.75) is 17.1 Å². The topological polar surface area (TPSA) is 130 Å². The molecule has 0 heterocycles. The van der Waals surface area contributed by atoms with E-state index in [1.54, 1.807) is 0 Å². The Labute approximate surface area is 154 Å². The summed E-state index contributed by atoms with van der Waals surface area (Å²) < 4.78 is 34.6. The molecule has 9 nitrogen and oxygen atoms in total. The van der Waals surface area contributed by atoms with Crippen LogP contribution in [0.15, 0.2) is 53.4 Å². The predicted molar refractivity (Wildman–Crippen MR) is 93.2 cm³/mol. The first-order valence-corrected chi connectivity index (χ1v) is 9.10. The van der Waals surface area contributed by atoms with Crippen LogP contribution in [0, 0.1) is 10.1 Å². The summed E-state index contributed by atoms with van der Waals surface area (Å²) in [6.45, 7) is 1.15. The molecule has 0 N–H and O–H groups in total. The fourth-order valence-corrected chi connectivity index (χ4v) is 3.29. The average molecular weight is 393 g/mol. The number of methoxy groups -OCH3 is 1. The van der Waals surface area contributed by atoms with Gasteiger partial charge >= 0.3 is 11.9 Å². The van der Waals surface area contributed by atoms with Crippen LogP contribution in [0.5, 0.6) is 5.75 Å². The van der Waals surface area contributed by atoms with Crippen molar-refractivity contribution in [3.63, 3.8) is 0 Å². The number of carbonyl (C=O) groups excluding carboxylic acids is 2. The van der Waals surface area contributed by atoms with Crippen molar-refractivity contribution in [1.82, 2.24) is 0 Å². The van der Waals surface area contributed by atoms with Gasteiger partial charge in [0.2, 0.25) is 0 Å². The number of rotatable bonds is 6. The summed E-state index contributed by atoms with van der Waals surface area (Å²) in [6.07, 6.45) is 0. The monoisotopic (exact) mass is 393 g/mol. The number of non-ortho nitro benzene ring substituents is 1. The summed E-state index contributed by atoms with van der Waals surface area (Å²) in [5.74, 6) is -1.54. The van der Waals surface area contributed by atoms with Crippen LogP contribution in [0.3, 0.4) is 0 Å². The fourth-order valence-electron chi connectivity index (χ4n) is 2.06. The number of ether oxygens (including phenoxy) is 2. The predicted octanol–water partition coefficient (Wildman–Crippen LogP) is 2.15. The lowest BCUT2D eigenvalue weighted by Crippen LogP contribution is -2.31. The number of hydrogen-bond donors (Lipinski definition) is 0. The molecule has 0 unspecified atom stereocenters. The van der Waals surface area contributed by atoms with Gasteiger partial charge in [0.25, 0.3) is 5.69 Å². The molecule has 0 aliphatic carbocycles. The highest BCUT2D eigenvalue weighted by Gasteiger charge is 2.32. The maximum atomic E-state index is 12.5. The van der Waals surface area contributed by atoms with E-state index in [-0.39, 0.29) is 21.9 Å². The van der Waals surface area contributed by atoms with Crippen molar-refractivity contribution in [2.75, 3.05) is 7.11 Å². The lowest BCUT2D eigenvalue weighted by atomic mass is 10.2. The van der Waals surface area contributed by atoms with Gasteiger partial charge in [0.05, 0.1) is 22.5 Å². The Morgan fingerprint density at radius 1 is 1.04 bits per heavy atom. The average Bonchev–Trinajstić information content (AvgIpc) is 2.67. The van der Waals surface area contributed by atoms with E-state index in [2.05, 4.69) is 4.74 Å². The molecule has 0 radical (unpaired) electrons. The van der Waals surface area contributed by atoms with Gasteiger partial charge in [-0.25, -0.2) is 13.2 Å². The Kier molecular flexibility index (Phi) is 5.91. The maximum absolute atomic E-state index is 12.5. The third-order valence-corrected chi connectivity index (χ3v) is 5.72. The van der Waals surface area contributed by atoms with E-state index in [4.69, 9.17) is 4.74 Å². The second kappa shape index (κ2) is 7.96. The second-order valence-corrected chi connectivity index (χ2v) is 7.64. The molecular formula is C17H15NO8S. The Hall–Kier alpha value is -3.27. The molecule has 27 heavy (non-hydrogen) atoms. The molecule has 0 aliphatic heterocycles. The van der Waals surface area contributed by atoms with E-state index in [0.29, 0.717) is 0 Å². The van der Waals surface area contributed by atoms with Crippen LogP contribution >= 0.6 is 0 Å². The number of nitro benzene ring substituents is 1. The summed E-state index contributed by atoms with van der Waals surface area (Å²) in [4.78, 5) is 33.3. The van der Waals surface area contributed by atoms with Crippen LogP contribution in [0.2, 0.25) is 0 Å². The van der Waals surface area contributed by atoms with Crippen LogP contribution in [-0.2, 0) is 19.4 Å². The molecule has 2 rings (SSSR count). The third kappa shape index (κ3) is 4.47. The zero-order chi connectivity index (χ0) is 20.2. The smallest absolute Gasteiger partial charge is 0.337 e. The molecule has 0 amide bonds. The fraction of sp³-hybridized carbons (Fsp3) is 0.176. The molecule has 2 aromatic rings. The molecule has 0 bridgehead atoms. The van der Waals surface area contributed by atoms with E-state index in [1.807, 2.05) is 0 Å². The lowest BCUT2D eigenvalue weighted by Gasteiger charge is -2.12. The zero-order valence-electron chi connectivity index (χ0n) is 14.3. The number of sulfone groups is 1. The van der Waals surface area contributed by atoms with Gasteiger partial charge in [-0.1, -0.05) is 0 Å². The highest BCUT2D eigenvalue weighted by Crippen LogP contribution is 2.22. The summed E-state index contributed by atoms with van der Waals surface area (Å²) in [5, 5.41) is 9.10. The minimum absolute atomic E-state index is 0.0541. The summed E-state index contributed by atoms with van der Waals surface area (Å²) >= 11 is 0. The number of esters is 2. The van der Waals surface area contributed by atoms with Gasteiger partial charge in [-0.15, -0.1) is 0 Å². The van der Waals surface area contributed by atoms with Crippen molar-refractivity contribution in [3.8, 4) is 5.75 Å². The minimum Gasteiger partial charge on any atom is -0.465 e. The standard InChI is InChI=1S/C17H15NO8S/c1-11(27(23,24)15-9-5-13(6-10-15)18(21)22)16(19)26-14-7-3-12(4-8-14)17(20)25-2/h3-11H,1-2H3/t11-/m0/s1. The first-order valence-electron chi connectivity index (χ1n) is 7.55. The molecule has 2 aromatic carbocycles. The highest BCUT2D eigenvalue weighted by atomic mass is 32.2. The quantitative estimate of drug-likeness (QED) is 0.316. The van der Waals surface area contributed by atoms with Gasteiger partial charge in [0.15, 0.2) is 15.1 Å². The molecular weight excluding hydrogens is 378 g/mol. The zero-order valence-corrected chi connectivity index (χ0v) is 15.1. The van der Waals surface area contributed by atoms with E-state index in [1.165, 1.54) is 31.4 Å². The lowest BCUT2D eigenvalue weighted by molar-refractivity contribution is -0.384. The van der Waals surface area contributed by atoms with Crippen LogP contribution in [-0.4, -0.2) is 37.6 Å². The third-order valence-electron chi connectivity index (χ3n) is 3.67. The van der Waals surface area contributed by atoms with Crippen LogP contribution in [0.1, 0.15) is 17.3 Å². The Morgan fingerprint density at radius 2 is 1.59 bits per heavy atom. The van der Waals surface area contributed by atoms with Gasteiger partial charge < -0.3 is 9.47 Å².